The van der Waals surface area contributed by atoms with E-state index >= 15 is 0 Å². The van der Waals surface area contributed by atoms with E-state index in [0.717, 1.165) is 0 Å². The van der Waals surface area contributed by atoms with Crippen molar-refractivity contribution < 1.29 is 19.1 Å². The van der Waals surface area contributed by atoms with E-state index in [1.807, 2.05) is 0 Å². The second kappa shape index (κ2) is 5.51. The minimum absolute atomic E-state index is 0.00189. The largest absolute Gasteiger partial charge is 0.380 e. The Morgan fingerprint density at radius 3 is 2.54 bits per heavy atom. The minimum atomic E-state index is -1.34. The van der Waals surface area contributed by atoms with Crippen LogP contribution in [0.2, 0.25) is 0 Å². The van der Waals surface area contributed by atoms with Gasteiger partial charge in [0.05, 0.1) is 5.41 Å². The maximum Gasteiger partial charge on any atom is 0.256 e. The van der Waals surface area contributed by atoms with E-state index in [1.165, 1.54) is 30.1 Å². The predicted molar refractivity (Wildman–Crippen MR) is 94.7 cm³/mol. The van der Waals surface area contributed by atoms with Crippen molar-refractivity contribution in [3.8, 4) is 0 Å². The zero-order chi connectivity index (χ0) is 19.5. The molecule has 2 amide bonds. The zero-order valence-electron chi connectivity index (χ0n) is 15.3. The summed E-state index contributed by atoms with van der Waals surface area (Å²) in [5, 5.41) is 12.5. The van der Waals surface area contributed by atoms with Gasteiger partial charge in [-0.3, -0.25) is 14.5 Å². The van der Waals surface area contributed by atoms with Crippen LogP contribution < -0.4 is 11.1 Å². The number of carbonyl (C=O) groups excluding carboxylic acids is 2. The van der Waals surface area contributed by atoms with Gasteiger partial charge in [-0.25, -0.2) is 9.38 Å². The molecule has 8 heteroatoms. The molecule has 2 aliphatic rings. The van der Waals surface area contributed by atoms with Crippen molar-refractivity contribution in [2.75, 3.05) is 12.4 Å². The standard InChI is InChI=1S/C18H23FN4O3/c1-16(2)14(25)23(4)15(20)22-17(16,3)11-9-10(5-6-12(11)19)21-13(24)18(26)7-8-18/h5-6,9,26H,7-8H2,1-4H3,(H2,20,22)(H,21,24)/t17-/m1/s1. The van der Waals surface area contributed by atoms with Gasteiger partial charge >= 0.3 is 0 Å². The van der Waals surface area contributed by atoms with Gasteiger partial charge in [0.15, 0.2) is 5.96 Å². The fourth-order valence-electron chi connectivity index (χ4n) is 3.14. The molecule has 1 aliphatic heterocycles. The number of aliphatic hydroxyl groups is 1. The van der Waals surface area contributed by atoms with Crippen LogP contribution in [0.3, 0.4) is 0 Å². The lowest BCUT2D eigenvalue weighted by Gasteiger charge is -2.46. The fourth-order valence-corrected chi connectivity index (χ4v) is 3.14. The minimum Gasteiger partial charge on any atom is -0.380 e. The first-order chi connectivity index (χ1) is 11.9. The molecule has 1 aliphatic carbocycles. The molecule has 0 bridgehead atoms. The summed E-state index contributed by atoms with van der Waals surface area (Å²) >= 11 is 0. The van der Waals surface area contributed by atoms with E-state index in [4.69, 9.17) is 5.73 Å². The summed E-state index contributed by atoms with van der Waals surface area (Å²) in [6.45, 7) is 5.00. The van der Waals surface area contributed by atoms with E-state index in [0.29, 0.717) is 18.5 Å². The Bertz CT molecular complexity index is 832. The fraction of sp³-hybridized carbons (Fsp3) is 0.500. The number of halogens is 1. The maximum absolute atomic E-state index is 14.7. The summed E-state index contributed by atoms with van der Waals surface area (Å²) in [5.74, 6) is -1.37. The quantitative estimate of drug-likeness (QED) is 0.753. The van der Waals surface area contributed by atoms with E-state index < -0.39 is 28.3 Å². The Morgan fingerprint density at radius 1 is 1.35 bits per heavy atom. The number of amides is 2. The molecule has 0 saturated heterocycles. The van der Waals surface area contributed by atoms with Crippen LogP contribution in [-0.2, 0) is 15.1 Å². The molecule has 7 nitrogen and oxygen atoms in total. The number of hydrogen-bond acceptors (Lipinski definition) is 5. The zero-order valence-corrected chi connectivity index (χ0v) is 15.3. The van der Waals surface area contributed by atoms with Gasteiger partial charge in [0.25, 0.3) is 5.91 Å². The number of guanidine groups is 1. The highest BCUT2D eigenvalue weighted by molar-refractivity contribution is 6.02. The number of anilines is 1. The topological polar surface area (TPSA) is 108 Å². The third-order valence-electron chi connectivity index (χ3n) is 5.63. The molecule has 1 atom stereocenters. The van der Waals surface area contributed by atoms with E-state index in [-0.39, 0.29) is 17.4 Å². The molecular formula is C18H23FN4O3. The lowest BCUT2D eigenvalue weighted by Crippen LogP contribution is -2.58. The van der Waals surface area contributed by atoms with Gasteiger partial charge in [0.1, 0.15) is 17.0 Å². The number of aliphatic imine (C=N–C) groups is 1. The molecule has 1 heterocycles. The molecular weight excluding hydrogens is 339 g/mol. The molecule has 1 aromatic rings. The highest BCUT2D eigenvalue weighted by Gasteiger charge is 2.54. The van der Waals surface area contributed by atoms with Gasteiger partial charge in [0, 0.05) is 18.3 Å². The Morgan fingerprint density at radius 2 is 1.96 bits per heavy atom. The molecule has 0 unspecified atom stereocenters. The van der Waals surface area contributed by atoms with E-state index in [9.17, 15) is 19.1 Å². The average Bonchev–Trinajstić information content (AvgIpc) is 3.32. The smallest absolute Gasteiger partial charge is 0.256 e. The molecule has 0 radical (unpaired) electrons. The molecule has 140 valence electrons. The van der Waals surface area contributed by atoms with E-state index in [2.05, 4.69) is 10.3 Å². The molecule has 0 aromatic heterocycles. The Hall–Kier alpha value is -2.48. The van der Waals surface area contributed by atoms with Crippen LogP contribution in [0.5, 0.6) is 0 Å². The molecule has 4 N–H and O–H groups in total. The van der Waals surface area contributed by atoms with Crippen molar-refractivity contribution in [2.24, 2.45) is 16.1 Å². The van der Waals surface area contributed by atoms with Crippen LogP contribution in [0.25, 0.3) is 0 Å². The average molecular weight is 362 g/mol. The molecule has 0 spiro atoms. The Kier molecular flexibility index (Phi) is 3.88. The normalized spacial score (nSPS) is 26.3. The molecule has 1 saturated carbocycles. The van der Waals surface area contributed by atoms with Crippen molar-refractivity contribution >= 4 is 23.5 Å². The Labute approximate surface area is 151 Å². The van der Waals surface area contributed by atoms with Crippen LogP contribution in [-0.4, -0.2) is 40.4 Å². The summed E-state index contributed by atoms with van der Waals surface area (Å²) in [6.07, 6.45) is 0.804. The van der Waals surface area contributed by atoms with Crippen LogP contribution in [0.4, 0.5) is 10.1 Å². The molecule has 1 fully saturated rings. The summed E-state index contributed by atoms with van der Waals surface area (Å²) in [6, 6.07) is 4.05. The van der Waals surface area contributed by atoms with Crippen molar-refractivity contribution in [3.05, 3.63) is 29.6 Å². The monoisotopic (exact) mass is 362 g/mol. The number of nitrogens with one attached hydrogen (secondary N) is 1. The van der Waals surface area contributed by atoms with Crippen molar-refractivity contribution in [1.29, 1.82) is 0 Å². The summed E-state index contributed by atoms with van der Waals surface area (Å²) in [7, 11) is 1.52. The van der Waals surface area contributed by atoms with Crippen LogP contribution in [0.15, 0.2) is 23.2 Å². The van der Waals surface area contributed by atoms with Crippen molar-refractivity contribution in [2.45, 2.75) is 44.8 Å². The highest BCUT2D eigenvalue weighted by atomic mass is 19.1. The second-order valence-electron chi connectivity index (χ2n) is 7.71. The SMILES string of the molecule is CN1C(=O)C(C)(C)[C@@](C)(c2cc(NC(=O)C3(O)CC3)ccc2F)N=C1N. The van der Waals surface area contributed by atoms with Crippen molar-refractivity contribution in [1.82, 2.24) is 4.90 Å². The van der Waals surface area contributed by atoms with Crippen LogP contribution in [0, 0.1) is 11.2 Å². The van der Waals surface area contributed by atoms with Gasteiger partial charge in [-0.2, -0.15) is 0 Å². The first-order valence-corrected chi connectivity index (χ1v) is 8.40. The summed E-state index contributed by atoms with van der Waals surface area (Å²) in [4.78, 5) is 30.4. The first-order valence-electron chi connectivity index (χ1n) is 8.40. The first kappa shape index (κ1) is 18.3. The van der Waals surface area contributed by atoms with Gasteiger partial charge in [-0.15, -0.1) is 0 Å². The molecule has 1 aromatic carbocycles. The number of hydrogen-bond donors (Lipinski definition) is 3. The lowest BCUT2D eigenvalue weighted by molar-refractivity contribution is -0.140. The van der Waals surface area contributed by atoms with Crippen LogP contribution >= 0.6 is 0 Å². The number of nitrogens with two attached hydrogens (primary N) is 1. The summed E-state index contributed by atoms with van der Waals surface area (Å²) in [5.41, 5.74) is 2.66. The second-order valence-corrected chi connectivity index (χ2v) is 7.71. The van der Waals surface area contributed by atoms with Gasteiger partial charge in [0.2, 0.25) is 5.91 Å². The Balaban J connectivity index is 2.06. The summed E-state index contributed by atoms with van der Waals surface area (Å²) < 4.78 is 14.7. The number of rotatable bonds is 3. The third-order valence-corrected chi connectivity index (χ3v) is 5.63. The lowest BCUT2D eigenvalue weighted by atomic mass is 9.67. The van der Waals surface area contributed by atoms with Crippen LogP contribution in [0.1, 0.15) is 39.2 Å². The number of nitrogens with zero attached hydrogens (tertiary/aromatic N) is 2. The van der Waals surface area contributed by atoms with E-state index in [1.54, 1.807) is 20.8 Å². The maximum atomic E-state index is 14.7. The van der Waals surface area contributed by atoms with Gasteiger partial charge < -0.3 is 16.2 Å². The van der Waals surface area contributed by atoms with Crippen molar-refractivity contribution in [3.63, 3.8) is 0 Å². The predicted octanol–water partition coefficient (Wildman–Crippen LogP) is 1.32. The van der Waals surface area contributed by atoms with Gasteiger partial charge in [-0.1, -0.05) is 0 Å². The third kappa shape index (κ3) is 2.56. The highest BCUT2D eigenvalue weighted by Crippen LogP contribution is 2.47. The van der Waals surface area contributed by atoms with Gasteiger partial charge in [-0.05, 0) is 51.8 Å². The number of carbonyl (C=O) groups is 2. The number of benzene rings is 1. The molecule has 3 rings (SSSR count). The molecule has 26 heavy (non-hydrogen) atoms.